The molecule has 0 saturated carbocycles. The predicted octanol–water partition coefficient (Wildman–Crippen LogP) is 0.0311. The van der Waals surface area contributed by atoms with Crippen LogP contribution in [0, 0.1) is 5.92 Å². The summed E-state index contributed by atoms with van der Waals surface area (Å²) in [6.07, 6.45) is 3.67. The summed E-state index contributed by atoms with van der Waals surface area (Å²) in [5, 5.41) is 3.40. The normalized spacial score (nSPS) is 35.9. The van der Waals surface area contributed by atoms with E-state index in [0.29, 0.717) is 5.92 Å². The quantitative estimate of drug-likeness (QED) is 0.657. The highest BCUT2D eigenvalue weighted by molar-refractivity contribution is 5.26. The zero-order chi connectivity index (χ0) is 9.43. The van der Waals surface area contributed by atoms with E-state index in [2.05, 4.69) is 27.9 Å². The van der Waals surface area contributed by atoms with Crippen LogP contribution in [0.15, 0.2) is 24.5 Å². The highest BCUT2D eigenvalue weighted by Gasteiger charge is 2.48. The number of hydroxylamine groups is 1. The van der Waals surface area contributed by atoms with Crippen molar-refractivity contribution in [2.75, 3.05) is 19.7 Å². The van der Waals surface area contributed by atoms with E-state index in [0.717, 1.165) is 19.7 Å². The maximum absolute atomic E-state index is 5.36. The Balaban J connectivity index is 2.03. The molecule has 0 spiro atoms. The van der Waals surface area contributed by atoms with Crippen LogP contribution < -0.4 is 10.8 Å². The van der Waals surface area contributed by atoms with Gasteiger partial charge in [-0.3, -0.25) is 4.98 Å². The van der Waals surface area contributed by atoms with Gasteiger partial charge in [0.05, 0.1) is 12.1 Å². The fourth-order valence-corrected chi connectivity index (χ4v) is 2.40. The van der Waals surface area contributed by atoms with Crippen molar-refractivity contribution >= 4 is 0 Å². The molecule has 2 aliphatic heterocycles. The maximum atomic E-state index is 5.36. The van der Waals surface area contributed by atoms with Gasteiger partial charge in [-0.1, -0.05) is 0 Å². The van der Waals surface area contributed by atoms with Crippen LogP contribution in [0.25, 0.3) is 0 Å². The number of nitrogens with one attached hydrogen (secondary N) is 2. The van der Waals surface area contributed by atoms with Gasteiger partial charge in [0.2, 0.25) is 0 Å². The van der Waals surface area contributed by atoms with Gasteiger partial charge in [0.25, 0.3) is 0 Å². The summed E-state index contributed by atoms with van der Waals surface area (Å²) in [4.78, 5) is 9.40. The van der Waals surface area contributed by atoms with Crippen molar-refractivity contribution in [1.82, 2.24) is 15.8 Å². The number of nitrogens with zero attached hydrogens (tertiary/aromatic N) is 1. The standard InChI is InChI=1S/C10H13N3O/c1-3-11-4-2-8(1)10-7-12-5-9(10)6-14-13-10/h1-4,9,12-13H,5-7H2/t9-,10+/m0/s1. The van der Waals surface area contributed by atoms with Gasteiger partial charge in [-0.25, -0.2) is 0 Å². The van der Waals surface area contributed by atoms with E-state index >= 15 is 0 Å². The van der Waals surface area contributed by atoms with Crippen LogP contribution in [-0.4, -0.2) is 24.7 Å². The fourth-order valence-electron chi connectivity index (χ4n) is 2.40. The lowest BCUT2D eigenvalue weighted by Crippen LogP contribution is -2.42. The fraction of sp³-hybridized carbons (Fsp3) is 0.500. The van der Waals surface area contributed by atoms with Crippen LogP contribution in [0.1, 0.15) is 5.56 Å². The highest BCUT2D eigenvalue weighted by Crippen LogP contribution is 2.36. The van der Waals surface area contributed by atoms with Crippen LogP contribution in [-0.2, 0) is 10.4 Å². The summed E-state index contributed by atoms with van der Waals surface area (Å²) in [5.74, 6) is 0.532. The van der Waals surface area contributed by atoms with Crippen LogP contribution >= 0.6 is 0 Å². The van der Waals surface area contributed by atoms with Gasteiger partial charge >= 0.3 is 0 Å². The summed E-state index contributed by atoms with van der Waals surface area (Å²) in [6, 6.07) is 4.11. The molecular weight excluding hydrogens is 178 g/mol. The monoisotopic (exact) mass is 191 g/mol. The molecule has 2 fully saturated rings. The van der Waals surface area contributed by atoms with Crippen molar-refractivity contribution in [3.05, 3.63) is 30.1 Å². The summed E-state index contributed by atoms with van der Waals surface area (Å²) in [5.41, 5.74) is 4.40. The lowest BCUT2D eigenvalue weighted by atomic mass is 9.83. The predicted molar refractivity (Wildman–Crippen MR) is 51.4 cm³/mol. The Morgan fingerprint density at radius 3 is 3.14 bits per heavy atom. The summed E-state index contributed by atoms with van der Waals surface area (Å²) >= 11 is 0. The molecule has 4 heteroatoms. The van der Waals surface area contributed by atoms with Crippen LogP contribution in [0.2, 0.25) is 0 Å². The maximum Gasteiger partial charge on any atom is 0.0868 e. The van der Waals surface area contributed by atoms with Gasteiger partial charge in [-0.15, -0.1) is 0 Å². The second-order valence-electron chi connectivity index (χ2n) is 3.95. The molecule has 2 atom stereocenters. The topological polar surface area (TPSA) is 46.2 Å². The van der Waals surface area contributed by atoms with Crippen LogP contribution in [0.4, 0.5) is 0 Å². The van der Waals surface area contributed by atoms with Crippen molar-refractivity contribution in [3.8, 4) is 0 Å². The minimum Gasteiger partial charge on any atom is -0.314 e. The first-order valence-electron chi connectivity index (χ1n) is 4.92. The van der Waals surface area contributed by atoms with E-state index < -0.39 is 0 Å². The molecule has 0 amide bonds. The molecule has 0 aliphatic carbocycles. The van der Waals surface area contributed by atoms with Crippen molar-refractivity contribution in [1.29, 1.82) is 0 Å². The third kappa shape index (κ3) is 1.02. The minimum atomic E-state index is -0.0249. The summed E-state index contributed by atoms with van der Waals surface area (Å²) in [6.45, 7) is 2.74. The molecule has 1 aromatic rings. The van der Waals surface area contributed by atoms with E-state index in [9.17, 15) is 0 Å². The molecule has 2 N–H and O–H groups in total. The molecule has 74 valence electrons. The molecule has 14 heavy (non-hydrogen) atoms. The molecule has 4 nitrogen and oxygen atoms in total. The number of hydrogen-bond donors (Lipinski definition) is 2. The highest BCUT2D eigenvalue weighted by atomic mass is 16.7. The Morgan fingerprint density at radius 2 is 2.29 bits per heavy atom. The smallest absolute Gasteiger partial charge is 0.0868 e. The molecule has 0 unspecified atom stereocenters. The zero-order valence-electron chi connectivity index (χ0n) is 7.86. The largest absolute Gasteiger partial charge is 0.314 e. The molecule has 2 saturated heterocycles. The first-order valence-corrected chi connectivity index (χ1v) is 4.92. The Bertz CT molecular complexity index is 317. The van der Waals surface area contributed by atoms with E-state index in [-0.39, 0.29) is 5.54 Å². The molecule has 0 aromatic carbocycles. The lowest BCUT2D eigenvalue weighted by Gasteiger charge is -2.26. The second-order valence-corrected chi connectivity index (χ2v) is 3.95. The Hall–Kier alpha value is -0.970. The SMILES string of the molecule is c1cc([C@]23CNC[C@H]2CON3)ccn1. The zero-order valence-corrected chi connectivity index (χ0v) is 7.86. The molecule has 0 bridgehead atoms. The van der Waals surface area contributed by atoms with Gasteiger partial charge in [0.1, 0.15) is 0 Å². The van der Waals surface area contributed by atoms with E-state index in [1.54, 1.807) is 0 Å². The number of rotatable bonds is 1. The van der Waals surface area contributed by atoms with E-state index in [1.165, 1.54) is 5.56 Å². The first kappa shape index (κ1) is 8.35. The molecule has 1 aromatic heterocycles. The van der Waals surface area contributed by atoms with Crippen molar-refractivity contribution in [3.63, 3.8) is 0 Å². The number of hydrogen-bond acceptors (Lipinski definition) is 4. The van der Waals surface area contributed by atoms with Crippen molar-refractivity contribution < 1.29 is 4.84 Å². The summed E-state index contributed by atoms with van der Waals surface area (Å²) in [7, 11) is 0. The molecule has 3 heterocycles. The Kier molecular flexibility index (Phi) is 1.80. The van der Waals surface area contributed by atoms with Crippen LogP contribution in [0.3, 0.4) is 0 Å². The van der Waals surface area contributed by atoms with E-state index in [4.69, 9.17) is 4.84 Å². The molecule has 3 rings (SSSR count). The number of pyridine rings is 1. The van der Waals surface area contributed by atoms with E-state index in [1.807, 2.05) is 12.4 Å². The molecule has 2 aliphatic rings. The first-order chi connectivity index (χ1) is 6.92. The average Bonchev–Trinajstić information content (AvgIpc) is 2.77. The molecule has 0 radical (unpaired) electrons. The number of aromatic nitrogens is 1. The number of fused-ring (bicyclic) bond motifs is 1. The van der Waals surface area contributed by atoms with Gasteiger partial charge in [-0.2, -0.15) is 5.48 Å². The minimum absolute atomic E-state index is 0.0249. The third-order valence-corrected chi connectivity index (χ3v) is 3.23. The average molecular weight is 191 g/mol. The summed E-state index contributed by atoms with van der Waals surface area (Å²) < 4.78 is 0. The lowest BCUT2D eigenvalue weighted by molar-refractivity contribution is 0.0599. The van der Waals surface area contributed by atoms with Gasteiger partial charge in [0, 0.05) is 31.4 Å². The van der Waals surface area contributed by atoms with Crippen molar-refractivity contribution in [2.45, 2.75) is 5.54 Å². The molecular formula is C10H13N3O. The Labute approximate surface area is 82.6 Å². The third-order valence-electron chi connectivity index (χ3n) is 3.23. The van der Waals surface area contributed by atoms with Crippen molar-refractivity contribution in [2.24, 2.45) is 5.92 Å². The van der Waals surface area contributed by atoms with Gasteiger partial charge in [0.15, 0.2) is 0 Å². The van der Waals surface area contributed by atoms with Gasteiger partial charge < -0.3 is 10.2 Å². The van der Waals surface area contributed by atoms with Crippen LogP contribution in [0.5, 0.6) is 0 Å². The Morgan fingerprint density at radius 1 is 1.43 bits per heavy atom. The van der Waals surface area contributed by atoms with Gasteiger partial charge in [-0.05, 0) is 17.7 Å². The second kappa shape index (κ2) is 3.02.